The van der Waals surface area contributed by atoms with Crippen molar-refractivity contribution in [1.82, 2.24) is 9.88 Å². The fraction of sp³-hybridized carbons (Fsp3) is 0.357. The van der Waals surface area contributed by atoms with E-state index in [0.29, 0.717) is 11.9 Å². The van der Waals surface area contributed by atoms with Crippen LogP contribution in [-0.4, -0.2) is 15.9 Å². The molecule has 0 spiro atoms. The van der Waals surface area contributed by atoms with Gasteiger partial charge in [0, 0.05) is 24.3 Å². The predicted molar refractivity (Wildman–Crippen MR) is 69.6 cm³/mol. The van der Waals surface area contributed by atoms with Crippen molar-refractivity contribution in [3.05, 3.63) is 48.0 Å². The Kier molecular flexibility index (Phi) is 3.02. The van der Waals surface area contributed by atoms with Gasteiger partial charge < -0.3 is 10.2 Å². The van der Waals surface area contributed by atoms with Crippen LogP contribution in [0.25, 0.3) is 0 Å². The van der Waals surface area contributed by atoms with E-state index in [0.717, 1.165) is 24.4 Å². The Morgan fingerprint density at radius 3 is 2.83 bits per heavy atom. The van der Waals surface area contributed by atoms with Gasteiger partial charge in [-0.2, -0.15) is 0 Å². The first-order valence-corrected chi connectivity index (χ1v) is 6.29. The van der Waals surface area contributed by atoms with Gasteiger partial charge in [0.15, 0.2) is 0 Å². The van der Waals surface area contributed by atoms with E-state index in [2.05, 4.69) is 9.88 Å². The third-order valence-electron chi connectivity index (χ3n) is 3.30. The monoisotopic (exact) mass is 243 g/mol. The molecule has 0 saturated heterocycles. The number of furan rings is 1. The molecule has 0 bridgehead atoms. The molecule has 2 heterocycles. The van der Waals surface area contributed by atoms with Crippen molar-refractivity contribution in [2.75, 3.05) is 5.73 Å². The van der Waals surface area contributed by atoms with Crippen molar-refractivity contribution < 1.29 is 4.42 Å². The van der Waals surface area contributed by atoms with Crippen molar-refractivity contribution in [1.29, 1.82) is 0 Å². The number of aromatic nitrogens is 1. The van der Waals surface area contributed by atoms with Crippen molar-refractivity contribution in [2.45, 2.75) is 32.0 Å². The van der Waals surface area contributed by atoms with Crippen molar-refractivity contribution in [3.8, 4) is 0 Å². The zero-order chi connectivity index (χ0) is 12.4. The van der Waals surface area contributed by atoms with Gasteiger partial charge in [0.25, 0.3) is 0 Å². The highest BCUT2D eigenvalue weighted by Crippen LogP contribution is 2.30. The highest BCUT2D eigenvalue weighted by Gasteiger charge is 2.29. The Labute approximate surface area is 106 Å². The van der Waals surface area contributed by atoms with Gasteiger partial charge in [0.05, 0.1) is 12.8 Å². The van der Waals surface area contributed by atoms with Crippen LogP contribution in [-0.2, 0) is 13.1 Å². The van der Waals surface area contributed by atoms with E-state index in [9.17, 15) is 0 Å². The molecule has 4 heteroatoms. The minimum absolute atomic E-state index is 0.627. The molecular weight excluding hydrogens is 226 g/mol. The molecule has 2 aromatic heterocycles. The molecule has 0 radical (unpaired) electrons. The molecule has 94 valence electrons. The Balaban J connectivity index is 1.73. The summed E-state index contributed by atoms with van der Waals surface area (Å²) in [4.78, 5) is 6.55. The van der Waals surface area contributed by atoms with E-state index in [1.165, 1.54) is 12.8 Å². The molecule has 2 N–H and O–H groups in total. The number of anilines is 1. The lowest BCUT2D eigenvalue weighted by Crippen LogP contribution is -2.25. The van der Waals surface area contributed by atoms with E-state index >= 15 is 0 Å². The maximum absolute atomic E-state index is 5.90. The fourth-order valence-corrected chi connectivity index (χ4v) is 2.16. The number of rotatable bonds is 5. The second kappa shape index (κ2) is 4.82. The average molecular weight is 243 g/mol. The van der Waals surface area contributed by atoms with E-state index < -0.39 is 0 Å². The summed E-state index contributed by atoms with van der Waals surface area (Å²) in [5.41, 5.74) is 7.00. The largest absolute Gasteiger partial charge is 0.468 e. The second-order valence-corrected chi connectivity index (χ2v) is 4.76. The van der Waals surface area contributed by atoms with E-state index in [4.69, 9.17) is 10.2 Å². The van der Waals surface area contributed by atoms with Gasteiger partial charge in [-0.1, -0.05) is 6.07 Å². The van der Waals surface area contributed by atoms with E-state index in [1.54, 1.807) is 12.5 Å². The summed E-state index contributed by atoms with van der Waals surface area (Å²) in [5, 5.41) is 0. The molecule has 0 atom stereocenters. The van der Waals surface area contributed by atoms with Gasteiger partial charge in [-0.25, -0.2) is 4.98 Å². The van der Waals surface area contributed by atoms with Gasteiger partial charge in [-0.05, 0) is 31.0 Å². The first-order chi connectivity index (χ1) is 8.83. The third-order valence-corrected chi connectivity index (χ3v) is 3.30. The number of nitrogens with two attached hydrogens (primary N) is 1. The van der Waals surface area contributed by atoms with Crippen LogP contribution in [0, 0.1) is 0 Å². The summed E-state index contributed by atoms with van der Waals surface area (Å²) in [5.74, 6) is 1.63. The van der Waals surface area contributed by atoms with Crippen LogP contribution < -0.4 is 5.73 Å². The summed E-state index contributed by atoms with van der Waals surface area (Å²) < 4.78 is 5.42. The minimum atomic E-state index is 0.627. The lowest BCUT2D eigenvalue weighted by atomic mass is 10.2. The molecule has 4 nitrogen and oxygen atoms in total. The molecule has 18 heavy (non-hydrogen) atoms. The molecule has 0 aliphatic heterocycles. The lowest BCUT2D eigenvalue weighted by molar-refractivity contribution is 0.225. The molecule has 1 aliphatic rings. The Morgan fingerprint density at radius 2 is 2.17 bits per heavy atom. The van der Waals surface area contributed by atoms with E-state index in [-0.39, 0.29) is 0 Å². The summed E-state index contributed by atoms with van der Waals surface area (Å²) in [6.07, 6.45) is 5.98. The third kappa shape index (κ3) is 2.54. The first kappa shape index (κ1) is 11.3. The summed E-state index contributed by atoms with van der Waals surface area (Å²) >= 11 is 0. The maximum atomic E-state index is 5.90. The molecular formula is C14H17N3O. The zero-order valence-corrected chi connectivity index (χ0v) is 10.2. The van der Waals surface area contributed by atoms with Crippen molar-refractivity contribution in [2.24, 2.45) is 0 Å². The summed E-state index contributed by atoms with van der Waals surface area (Å²) in [6.45, 7) is 1.68. The molecule has 0 amide bonds. The smallest absolute Gasteiger partial charge is 0.127 e. The first-order valence-electron chi connectivity index (χ1n) is 6.29. The van der Waals surface area contributed by atoms with Crippen LogP contribution in [0.5, 0.6) is 0 Å². The topological polar surface area (TPSA) is 55.3 Å². The SMILES string of the molecule is Nc1ncccc1CN(Cc1ccco1)C1CC1. The van der Waals surface area contributed by atoms with Crippen LogP contribution in [0.4, 0.5) is 5.82 Å². The van der Waals surface area contributed by atoms with E-state index in [1.807, 2.05) is 24.3 Å². The summed E-state index contributed by atoms with van der Waals surface area (Å²) in [6, 6.07) is 8.58. The van der Waals surface area contributed by atoms with Crippen molar-refractivity contribution >= 4 is 5.82 Å². The lowest BCUT2D eigenvalue weighted by Gasteiger charge is -2.21. The van der Waals surface area contributed by atoms with Gasteiger partial charge in [-0.3, -0.25) is 4.90 Å². The van der Waals surface area contributed by atoms with Crippen LogP contribution in [0.2, 0.25) is 0 Å². The minimum Gasteiger partial charge on any atom is -0.468 e. The van der Waals surface area contributed by atoms with Gasteiger partial charge >= 0.3 is 0 Å². The molecule has 0 unspecified atom stereocenters. The van der Waals surface area contributed by atoms with Crippen LogP contribution in [0.3, 0.4) is 0 Å². The Hall–Kier alpha value is -1.81. The predicted octanol–water partition coefficient (Wildman–Crippen LogP) is 2.42. The fourth-order valence-electron chi connectivity index (χ4n) is 2.16. The molecule has 1 saturated carbocycles. The highest BCUT2D eigenvalue weighted by atomic mass is 16.3. The molecule has 1 aliphatic carbocycles. The van der Waals surface area contributed by atoms with Gasteiger partial charge in [-0.15, -0.1) is 0 Å². The quantitative estimate of drug-likeness (QED) is 0.876. The molecule has 0 aromatic carbocycles. The zero-order valence-electron chi connectivity index (χ0n) is 10.2. The molecule has 3 rings (SSSR count). The number of pyridine rings is 1. The van der Waals surface area contributed by atoms with Crippen LogP contribution >= 0.6 is 0 Å². The Bertz CT molecular complexity index is 506. The Morgan fingerprint density at radius 1 is 1.28 bits per heavy atom. The number of hydrogen-bond donors (Lipinski definition) is 1. The van der Waals surface area contributed by atoms with Gasteiger partial charge in [0.2, 0.25) is 0 Å². The number of hydrogen-bond acceptors (Lipinski definition) is 4. The molecule has 1 fully saturated rings. The van der Waals surface area contributed by atoms with Gasteiger partial charge in [0.1, 0.15) is 11.6 Å². The van der Waals surface area contributed by atoms with Crippen LogP contribution in [0.1, 0.15) is 24.2 Å². The van der Waals surface area contributed by atoms with Crippen molar-refractivity contribution in [3.63, 3.8) is 0 Å². The second-order valence-electron chi connectivity index (χ2n) is 4.76. The number of nitrogens with zero attached hydrogens (tertiary/aromatic N) is 2. The average Bonchev–Trinajstić information content (AvgIpc) is 3.10. The number of nitrogen functional groups attached to an aromatic ring is 1. The normalized spacial score (nSPS) is 15.2. The maximum Gasteiger partial charge on any atom is 0.127 e. The molecule has 2 aromatic rings. The van der Waals surface area contributed by atoms with Crippen LogP contribution in [0.15, 0.2) is 41.1 Å². The summed E-state index contributed by atoms with van der Waals surface area (Å²) in [7, 11) is 0. The standard InChI is InChI=1S/C14H17N3O/c15-14-11(3-1-7-16-14)9-17(12-5-6-12)10-13-4-2-8-18-13/h1-4,7-8,12H,5-6,9-10H2,(H2,15,16). The highest BCUT2D eigenvalue weighted by molar-refractivity contribution is 5.38.